The van der Waals surface area contributed by atoms with Crippen LogP contribution in [0.25, 0.3) is 0 Å². The molecule has 0 aromatic heterocycles. The molecule has 4 nitrogen and oxygen atoms in total. The number of para-hydroxylation sites is 1. The average Bonchev–Trinajstić information content (AvgIpc) is 2.55. The standard InChI is InChI=1S/C18H28FN3O/c1-15-13-22(18-6-4-3-5-17(18)19)10-9-20(15)7-8-21-11-12-23-14-16(21)2/h3-6,15-16H,7-14H2,1-2H3/t15-,16-/m1/s1. The summed E-state index contributed by atoms with van der Waals surface area (Å²) in [5, 5.41) is 0. The van der Waals surface area contributed by atoms with Gasteiger partial charge in [0.05, 0.1) is 18.9 Å². The minimum atomic E-state index is -0.115. The number of hydrogen-bond donors (Lipinski definition) is 0. The predicted molar refractivity (Wildman–Crippen MR) is 91.5 cm³/mol. The van der Waals surface area contributed by atoms with Crippen molar-refractivity contribution in [3.8, 4) is 0 Å². The molecule has 2 aliphatic rings. The van der Waals surface area contributed by atoms with Gasteiger partial charge in [-0.3, -0.25) is 9.80 Å². The van der Waals surface area contributed by atoms with E-state index in [0.29, 0.717) is 12.1 Å². The molecule has 2 fully saturated rings. The SMILES string of the molecule is C[C@@H]1COCCN1CCN1CCN(c2ccccc2F)C[C@H]1C. The summed E-state index contributed by atoms with van der Waals surface area (Å²) in [6, 6.07) is 8.05. The van der Waals surface area contributed by atoms with Crippen molar-refractivity contribution in [2.24, 2.45) is 0 Å². The summed E-state index contributed by atoms with van der Waals surface area (Å²) in [7, 11) is 0. The zero-order valence-corrected chi connectivity index (χ0v) is 14.2. The number of ether oxygens (including phenoxy) is 1. The van der Waals surface area contributed by atoms with Crippen LogP contribution in [0.2, 0.25) is 0 Å². The molecular weight excluding hydrogens is 293 g/mol. The number of hydrogen-bond acceptors (Lipinski definition) is 4. The van der Waals surface area contributed by atoms with E-state index in [1.165, 1.54) is 0 Å². The van der Waals surface area contributed by atoms with Gasteiger partial charge in [0.1, 0.15) is 5.82 Å². The average molecular weight is 321 g/mol. The van der Waals surface area contributed by atoms with Crippen LogP contribution < -0.4 is 4.90 Å². The van der Waals surface area contributed by atoms with Gasteiger partial charge < -0.3 is 9.64 Å². The highest BCUT2D eigenvalue weighted by molar-refractivity contribution is 5.48. The second-order valence-corrected chi connectivity index (χ2v) is 6.74. The van der Waals surface area contributed by atoms with Gasteiger partial charge in [-0.2, -0.15) is 0 Å². The van der Waals surface area contributed by atoms with Crippen molar-refractivity contribution >= 4 is 5.69 Å². The van der Waals surface area contributed by atoms with E-state index in [4.69, 9.17) is 4.74 Å². The molecule has 1 aromatic rings. The Balaban J connectivity index is 1.52. The summed E-state index contributed by atoms with van der Waals surface area (Å²) >= 11 is 0. The van der Waals surface area contributed by atoms with Crippen LogP contribution >= 0.6 is 0 Å². The lowest BCUT2D eigenvalue weighted by molar-refractivity contribution is -0.00593. The summed E-state index contributed by atoms with van der Waals surface area (Å²) in [6.07, 6.45) is 0. The molecule has 5 heteroatoms. The van der Waals surface area contributed by atoms with Gasteiger partial charge in [0.25, 0.3) is 0 Å². The van der Waals surface area contributed by atoms with E-state index in [-0.39, 0.29) is 5.82 Å². The van der Waals surface area contributed by atoms with E-state index in [2.05, 4.69) is 28.5 Å². The Morgan fingerprint density at radius 2 is 1.78 bits per heavy atom. The lowest BCUT2D eigenvalue weighted by Gasteiger charge is -2.42. The van der Waals surface area contributed by atoms with Gasteiger partial charge in [-0.05, 0) is 26.0 Å². The molecule has 2 aliphatic heterocycles. The first kappa shape index (κ1) is 16.7. The van der Waals surface area contributed by atoms with Gasteiger partial charge in [0.15, 0.2) is 0 Å². The van der Waals surface area contributed by atoms with Gasteiger partial charge in [0, 0.05) is 51.4 Å². The Morgan fingerprint density at radius 1 is 1.04 bits per heavy atom. The van der Waals surface area contributed by atoms with E-state index in [1.807, 2.05) is 12.1 Å². The number of anilines is 1. The van der Waals surface area contributed by atoms with E-state index in [0.717, 1.165) is 58.2 Å². The van der Waals surface area contributed by atoms with Crippen LogP contribution in [0.15, 0.2) is 24.3 Å². The van der Waals surface area contributed by atoms with Crippen LogP contribution in [0.4, 0.5) is 10.1 Å². The fraction of sp³-hybridized carbons (Fsp3) is 0.667. The second kappa shape index (κ2) is 7.60. The zero-order chi connectivity index (χ0) is 16.2. The fourth-order valence-corrected chi connectivity index (χ4v) is 3.60. The highest BCUT2D eigenvalue weighted by atomic mass is 19.1. The minimum absolute atomic E-state index is 0.115. The first-order valence-corrected chi connectivity index (χ1v) is 8.70. The van der Waals surface area contributed by atoms with Gasteiger partial charge in [-0.15, -0.1) is 0 Å². The normalized spacial score (nSPS) is 27.3. The number of benzene rings is 1. The molecule has 3 rings (SSSR count). The molecule has 128 valence electrons. The molecular formula is C18H28FN3O. The molecule has 0 aliphatic carbocycles. The number of halogens is 1. The number of piperazine rings is 1. The van der Waals surface area contributed by atoms with Gasteiger partial charge in [-0.1, -0.05) is 12.1 Å². The van der Waals surface area contributed by atoms with Gasteiger partial charge in [-0.25, -0.2) is 4.39 Å². The van der Waals surface area contributed by atoms with Crippen LogP contribution in [-0.2, 0) is 4.74 Å². The van der Waals surface area contributed by atoms with Crippen LogP contribution in [0, 0.1) is 5.82 Å². The van der Waals surface area contributed by atoms with Crippen molar-refractivity contribution in [2.45, 2.75) is 25.9 Å². The Labute approximate surface area is 138 Å². The van der Waals surface area contributed by atoms with E-state index in [1.54, 1.807) is 12.1 Å². The van der Waals surface area contributed by atoms with Crippen molar-refractivity contribution in [1.29, 1.82) is 0 Å². The molecule has 2 atom stereocenters. The highest BCUT2D eigenvalue weighted by Gasteiger charge is 2.26. The minimum Gasteiger partial charge on any atom is -0.379 e. The third kappa shape index (κ3) is 4.03. The van der Waals surface area contributed by atoms with E-state index >= 15 is 0 Å². The number of rotatable bonds is 4. The molecule has 2 heterocycles. The van der Waals surface area contributed by atoms with Crippen molar-refractivity contribution in [3.05, 3.63) is 30.1 Å². The van der Waals surface area contributed by atoms with Crippen LogP contribution in [0.5, 0.6) is 0 Å². The second-order valence-electron chi connectivity index (χ2n) is 6.74. The maximum absolute atomic E-state index is 14.0. The molecule has 2 saturated heterocycles. The Kier molecular flexibility index (Phi) is 5.51. The maximum Gasteiger partial charge on any atom is 0.146 e. The Morgan fingerprint density at radius 3 is 2.48 bits per heavy atom. The first-order chi connectivity index (χ1) is 11.1. The van der Waals surface area contributed by atoms with Crippen molar-refractivity contribution in [2.75, 3.05) is 57.4 Å². The monoisotopic (exact) mass is 321 g/mol. The number of morpholine rings is 1. The Bertz CT molecular complexity index is 513. The third-order valence-electron chi connectivity index (χ3n) is 5.14. The van der Waals surface area contributed by atoms with E-state index < -0.39 is 0 Å². The molecule has 0 N–H and O–H groups in total. The molecule has 1 aromatic carbocycles. The first-order valence-electron chi connectivity index (χ1n) is 8.70. The molecule has 0 bridgehead atoms. The van der Waals surface area contributed by atoms with Gasteiger partial charge in [0.2, 0.25) is 0 Å². The van der Waals surface area contributed by atoms with E-state index in [9.17, 15) is 4.39 Å². The summed E-state index contributed by atoms with van der Waals surface area (Å²) in [4.78, 5) is 7.22. The topological polar surface area (TPSA) is 19.0 Å². The van der Waals surface area contributed by atoms with Crippen molar-refractivity contribution in [1.82, 2.24) is 9.80 Å². The smallest absolute Gasteiger partial charge is 0.146 e. The molecule has 0 radical (unpaired) electrons. The fourth-order valence-electron chi connectivity index (χ4n) is 3.60. The largest absolute Gasteiger partial charge is 0.379 e. The number of nitrogens with zero attached hydrogens (tertiary/aromatic N) is 3. The van der Waals surface area contributed by atoms with Crippen molar-refractivity contribution < 1.29 is 9.13 Å². The Hall–Kier alpha value is -1.17. The van der Waals surface area contributed by atoms with Gasteiger partial charge >= 0.3 is 0 Å². The summed E-state index contributed by atoms with van der Waals surface area (Å²) in [6.45, 7) is 12.2. The highest BCUT2D eigenvalue weighted by Crippen LogP contribution is 2.22. The molecule has 0 unspecified atom stereocenters. The molecule has 23 heavy (non-hydrogen) atoms. The molecule has 0 spiro atoms. The summed E-state index contributed by atoms with van der Waals surface area (Å²) in [5.41, 5.74) is 0.737. The lowest BCUT2D eigenvalue weighted by Crippen LogP contribution is -2.55. The summed E-state index contributed by atoms with van der Waals surface area (Å²) in [5.74, 6) is -0.115. The quantitative estimate of drug-likeness (QED) is 0.845. The van der Waals surface area contributed by atoms with Crippen LogP contribution in [-0.4, -0.2) is 74.4 Å². The van der Waals surface area contributed by atoms with Crippen LogP contribution in [0.3, 0.4) is 0 Å². The van der Waals surface area contributed by atoms with Crippen molar-refractivity contribution in [3.63, 3.8) is 0 Å². The summed E-state index contributed by atoms with van der Waals surface area (Å²) < 4.78 is 19.5. The van der Waals surface area contributed by atoms with Crippen LogP contribution in [0.1, 0.15) is 13.8 Å². The maximum atomic E-state index is 14.0. The zero-order valence-electron chi connectivity index (χ0n) is 14.2. The molecule has 0 amide bonds. The third-order valence-corrected chi connectivity index (χ3v) is 5.14. The lowest BCUT2D eigenvalue weighted by atomic mass is 10.1. The molecule has 0 saturated carbocycles. The predicted octanol–water partition coefficient (Wildman–Crippen LogP) is 2.06.